The van der Waals surface area contributed by atoms with Crippen molar-refractivity contribution < 1.29 is 0 Å². The van der Waals surface area contributed by atoms with E-state index in [4.69, 9.17) is 28.9 Å². The molecule has 1 unspecified atom stereocenters. The molecule has 0 aliphatic rings. The highest BCUT2D eigenvalue weighted by molar-refractivity contribution is 6.42. The van der Waals surface area contributed by atoms with Gasteiger partial charge in [-0.1, -0.05) is 42.3 Å². The summed E-state index contributed by atoms with van der Waals surface area (Å²) in [5.74, 6) is 0. The second-order valence-corrected chi connectivity index (χ2v) is 5.95. The number of nitrogens with zero attached hydrogens (tertiary/aromatic N) is 1. The van der Waals surface area contributed by atoms with Gasteiger partial charge in [0.15, 0.2) is 0 Å². The van der Waals surface area contributed by atoms with Crippen LogP contribution < -0.4 is 5.73 Å². The van der Waals surface area contributed by atoms with Crippen LogP contribution in [0.5, 0.6) is 0 Å². The highest BCUT2D eigenvalue weighted by Crippen LogP contribution is 2.30. The van der Waals surface area contributed by atoms with Crippen LogP contribution in [0.4, 0.5) is 0 Å². The van der Waals surface area contributed by atoms with Crippen LogP contribution in [0, 0.1) is 0 Å². The van der Waals surface area contributed by atoms with E-state index in [0.717, 1.165) is 31.5 Å². The first kappa shape index (κ1) is 16.8. The lowest BCUT2D eigenvalue weighted by Crippen LogP contribution is -2.34. The topological polar surface area (TPSA) is 29.3 Å². The van der Waals surface area contributed by atoms with Crippen LogP contribution in [-0.4, -0.2) is 24.0 Å². The summed E-state index contributed by atoms with van der Waals surface area (Å²) in [5, 5.41) is 1.16. The van der Waals surface area contributed by atoms with Crippen molar-refractivity contribution in [3.05, 3.63) is 33.8 Å². The normalized spacial score (nSPS) is 13.3. The number of rotatable bonds is 7. The third kappa shape index (κ3) is 4.96. The van der Waals surface area contributed by atoms with Crippen molar-refractivity contribution in [3.63, 3.8) is 0 Å². The monoisotopic (exact) mass is 302 g/mol. The van der Waals surface area contributed by atoms with Gasteiger partial charge < -0.3 is 10.6 Å². The Bertz CT molecular complexity index is 394. The van der Waals surface area contributed by atoms with Crippen molar-refractivity contribution >= 4 is 23.2 Å². The first-order valence-corrected chi connectivity index (χ1v) is 7.66. The molecule has 0 aliphatic carbocycles. The minimum absolute atomic E-state index is 0.0655. The highest BCUT2D eigenvalue weighted by Gasteiger charge is 2.15. The lowest BCUT2D eigenvalue weighted by atomic mass is 10.0. The van der Waals surface area contributed by atoms with Crippen molar-refractivity contribution in [2.75, 3.05) is 13.1 Å². The number of nitrogens with two attached hydrogens (primary N) is 1. The van der Waals surface area contributed by atoms with E-state index in [1.807, 2.05) is 12.1 Å². The fourth-order valence-electron chi connectivity index (χ4n) is 2.18. The van der Waals surface area contributed by atoms with E-state index in [2.05, 4.69) is 25.7 Å². The molecule has 19 heavy (non-hydrogen) atoms. The van der Waals surface area contributed by atoms with Crippen molar-refractivity contribution in [2.24, 2.45) is 5.73 Å². The largest absolute Gasteiger partial charge is 0.324 e. The molecule has 1 atom stereocenters. The summed E-state index contributed by atoms with van der Waals surface area (Å²) in [4.78, 5) is 2.44. The van der Waals surface area contributed by atoms with Crippen LogP contribution >= 0.6 is 23.2 Å². The lowest BCUT2D eigenvalue weighted by molar-refractivity contribution is 0.214. The molecule has 2 nitrogen and oxygen atoms in total. The molecule has 0 aliphatic heterocycles. The second-order valence-electron chi connectivity index (χ2n) is 5.17. The molecule has 0 radical (unpaired) electrons. The Morgan fingerprint density at radius 2 is 1.89 bits per heavy atom. The third-order valence-electron chi connectivity index (χ3n) is 3.35. The molecule has 1 rings (SSSR count). The molecule has 0 saturated heterocycles. The molecule has 1 aromatic carbocycles. The Labute approximate surface area is 126 Å². The van der Waals surface area contributed by atoms with E-state index in [0.29, 0.717) is 16.1 Å². The third-order valence-corrected chi connectivity index (χ3v) is 4.18. The van der Waals surface area contributed by atoms with Crippen molar-refractivity contribution in [1.29, 1.82) is 0 Å². The summed E-state index contributed by atoms with van der Waals surface area (Å²) >= 11 is 12.2. The molecular weight excluding hydrogens is 279 g/mol. The van der Waals surface area contributed by atoms with E-state index < -0.39 is 0 Å². The van der Waals surface area contributed by atoms with E-state index in [-0.39, 0.29) is 6.04 Å². The zero-order chi connectivity index (χ0) is 14.4. The Kier molecular flexibility index (Phi) is 7.16. The Hall–Kier alpha value is -0.280. The predicted octanol–water partition coefficient (Wildman–Crippen LogP) is 4.50. The van der Waals surface area contributed by atoms with Crippen LogP contribution in [0.3, 0.4) is 0 Å². The summed E-state index contributed by atoms with van der Waals surface area (Å²) in [6.07, 6.45) is 2.05. The first-order chi connectivity index (χ1) is 8.97. The van der Waals surface area contributed by atoms with Crippen LogP contribution in [0.1, 0.15) is 45.2 Å². The van der Waals surface area contributed by atoms with Gasteiger partial charge in [0.1, 0.15) is 0 Å². The smallest absolute Gasteiger partial charge is 0.0640 e. The molecular formula is C15H24Cl2N2. The van der Waals surface area contributed by atoms with Crippen LogP contribution in [-0.2, 0) is 0 Å². The minimum Gasteiger partial charge on any atom is -0.324 e. The summed E-state index contributed by atoms with van der Waals surface area (Å²) < 4.78 is 0. The van der Waals surface area contributed by atoms with Gasteiger partial charge >= 0.3 is 0 Å². The average molecular weight is 303 g/mol. The molecule has 0 saturated carbocycles. The summed E-state index contributed by atoms with van der Waals surface area (Å²) in [6.45, 7) is 8.72. The van der Waals surface area contributed by atoms with E-state index in [1.54, 1.807) is 6.07 Å². The van der Waals surface area contributed by atoms with Crippen LogP contribution in [0.2, 0.25) is 10.0 Å². The van der Waals surface area contributed by atoms with Gasteiger partial charge in [-0.15, -0.1) is 0 Å². The standard InChI is InChI=1S/C15H24Cl2N2/c1-4-9-19(11(2)3)10-8-14(18)12-6-5-7-13(16)15(12)17/h5-7,11,14H,4,8-10,18H2,1-3H3. The lowest BCUT2D eigenvalue weighted by Gasteiger charge is -2.27. The van der Waals surface area contributed by atoms with Crippen molar-refractivity contribution in [1.82, 2.24) is 4.90 Å². The first-order valence-electron chi connectivity index (χ1n) is 6.90. The maximum Gasteiger partial charge on any atom is 0.0640 e. The number of hydrogen-bond donors (Lipinski definition) is 1. The van der Waals surface area contributed by atoms with Gasteiger partial charge in [0, 0.05) is 18.6 Å². The van der Waals surface area contributed by atoms with Gasteiger partial charge in [0.2, 0.25) is 0 Å². The fraction of sp³-hybridized carbons (Fsp3) is 0.600. The van der Waals surface area contributed by atoms with Gasteiger partial charge in [-0.3, -0.25) is 0 Å². The summed E-state index contributed by atoms with van der Waals surface area (Å²) in [5.41, 5.74) is 7.18. The molecule has 0 heterocycles. The molecule has 1 aromatic rings. The maximum atomic E-state index is 6.24. The van der Waals surface area contributed by atoms with Gasteiger partial charge in [0.25, 0.3) is 0 Å². The zero-order valence-corrected chi connectivity index (χ0v) is 13.5. The quantitative estimate of drug-likeness (QED) is 0.803. The molecule has 2 N–H and O–H groups in total. The van der Waals surface area contributed by atoms with Crippen LogP contribution in [0.15, 0.2) is 18.2 Å². The van der Waals surface area contributed by atoms with Gasteiger partial charge in [0.05, 0.1) is 10.0 Å². The second kappa shape index (κ2) is 8.11. The van der Waals surface area contributed by atoms with Crippen molar-refractivity contribution in [3.8, 4) is 0 Å². The molecule has 0 spiro atoms. The maximum absolute atomic E-state index is 6.24. The predicted molar refractivity (Wildman–Crippen MR) is 85.0 cm³/mol. The number of halogens is 2. The van der Waals surface area contributed by atoms with E-state index >= 15 is 0 Å². The fourth-order valence-corrected chi connectivity index (χ4v) is 2.63. The highest BCUT2D eigenvalue weighted by atomic mass is 35.5. The SMILES string of the molecule is CCCN(CCC(N)c1cccc(Cl)c1Cl)C(C)C. The van der Waals surface area contributed by atoms with Gasteiger partial charge in [-0.05, 0) is 44.9 Å². The molecule has 0 aromatic heterocycles. The molecule has 0 fully saturated rings. The zero-order valence-electron chi connectivity index (χ0n) is 12.0. The Morgan fingerprint density at radius 1 is 1.21 bits per heavy atom. The van der Waals surface area contributed by atoms with E-state index in [9.17, 15) is 0 Å². The summed E-state index contributed by atoms with van der Waals surface area (Å²) in [6, 6.07) is 6.12. The Balaban J connectivity index is 2.64. The molecule has 108 valence electrons. The summed E-state index contributed by atoms with van der Waals surface area (Å²) in [7, 11) is 0. The number of benzene rings is 1. The Morgan fingerprint density at radius 3 is 2.47 bits per heavy atom. The van der Waals surface area contributed by atoms with Gasteiger partial charge in [-0.25, -0.2) is 0 Å². The van der Waals surface area contributed by atoms with E-state index in [1.165, 1.54) is 0 Å². The molecule has 4 heteroatoms. The van der Waals surface area contributed by atoms with Gasteiger partial charge in [-0.2, -0.15) is 0 Å². The molecule has 0 amide bonds. The van der Waals surface area contributed by atoms with Crippen LogP contribution in [0.25, 0.3) is 0 Å². The minimum atomic E-state index is -0.0655. The van der Waals surface area contributed by atoms with Crippen molar-refractivity contribution in [2.45, 2.75) is 45.7 Å². The number of hydrogen-bond acceptors (Lipinski definition) is 2. The molecule has 0 bridgehead atoms. The average Bonchev–Trinajstić information content (AvgIpc) is 2.37.